The summed E-state index contributed by atoms with van der Waals surface area (Å²) in [7, 11) is 3.62. The quantitative estimate of drug-likeness (QED) is 0.131. The smallest absolute Gasteiger partial charge is 0.298 e. The number of hydrogen-bond acceptors (Lipinski definition) is 12. The van der Waals surface area contributed by atoms with Gasteiger partial charge in [0.2, 0.25) is 11.5 Å². The zero-order chi connectivity index (χ0) is 37.8. The van der Waals surface area contributed by atoms with E-state index in [1.54, 1.807) is 19.5 Å². The number of oxazole rings is 1. The molecule has 2 saturated heterocycles. The molecule has 2 aliphatic rings. The minimum atomic E-state index is -3.09. The van der Waals surface area contributed by atoms with Gasteiger partial charge in [0.25, 0.3) is 15.6 Å². The van der Waals surface area contributed by atoms with Crippen LogP contribution >= 0.6 is 15.6 Å². The van der Waals surface area contributed by atoms with Crippen LogP contribution in [0.5, 0.6) is 5.75 Å². The third-order valence-corrected chi connectivity index (χ3v) is 17.8. The number of nitrogens with zero attached hydrogens (tertiary/aromatic N) is 7. The van der Waals surface area contributed by atoms with Crippen LogP contribution in [-0.2, 0) is 6.42 Å². The molecule has 5 heterocycles. The van der Waals surface area contributed by atoms with E-state index in [2.05, 4.69) is 56.3 Å². The second kappa shape index (κ2) is 14.4. The third kappa shape index (κ3) is 7.42. The van der Waals surface area contributed by atoms with Gasteiger partial charge in [0.15, 0.2) is 11.9 Å². The van der Waals surface area contributed by atoms with E-state index < -0.39 is 21.2 Å². The van der Waals surface area contributed by atoms with Crippen molar-refractivity contribution in [3.8, 4) is 17.2 Å². The number of aryl methyl sites for hydroxylation is 2. The number of rotatable bonds is 10. The largest absolute Gasteiger partial charge is 0.495 e. The molecule has 280 valence electrons. The van der Waals surface area contributed by atoms with Crippen LogP contribution in [0.25, 0.3) is 22.4 Å². The highest BCUT2D eigenvalue weighted by molar-refractivity contribution is 7.70. The Morgan fingerprint density at radius 2 is 1.50 bits per heavy atom. The molecule has 0 radical (unpaired) electrons. The molecule has 2 aliphatic heterocycles. The van der Waals surface area contributed by atoms with Crippen molar-refractivity contribution in [3.63, 3.8) is 0 Å². The number of fused-ring (bicyclic) bond motifs is 1. The fourth-order valence-corrected chi connectivity index (χ4v) is 15.9. The van der Waals surface area contributed by atoms with Crippen molar-refractivity contribution >= 4 is 32.3 Å². The molecule has 0 saturated carbocycles. The molecule has 2 fully saturated rings. The molecule has 4 aromatic rings. The van der Waals surface area contributed by atoms with Crippen molar-refractivity contribution in [2.24, 2.45) is 10.8 Å². The van der Waals surface area contributed by atoms with Crippen molar-refractivity contribution in [2.75, 3.05) is 67.6 Å². The second-order valence-corrected chi connectivity index (χ2v) is 22.6. The van der Waals surface area contributed by atoms with E-state index in [-0.39, 0.29) is 23.0 Å². The lowest BCUT2D eigenvalue weighted by atomic mass is 9.93. The minimum absolute atomic E-state index is 0.00460. The van der Waals surface area contributed by atoms with E-state index >= 15 is 0 Å². The first-order valence-corrected chi connectivity index (χ1v) is 21.4. The maximum Gasteiger partial charge on any atom is 0.298 e. The van der Waals surface area contributed by atoms with Crippen molar-refractivity contribution < 1.29 is 23.7 Å². The Labute approximate surface area is 309 Å². The van der Waals surface area contributed by atoms with Crippen LogP contribution in [0.3, 0.4) is 0 Å². The van der Waals surface area contributed by atoms with E-state index in [0.29, 0.717) is 59.8 Å². The fourth-order valence-electron chi connectivity index (χ4n) is 8.28. The molecule has 14 heteroatoms. The van der Waals surface area contributed by atoms with Gasteiger partial charge >= 0.3 is 0 Å². The average Bonchev–Trinajstić information content (AvgIpc) is 3.46. The van der Waals surface area contributed by atoms with Crippen LogP contribution in [-0.4, -0.2) is 117 Å². The molecular weight excluding hydrogens is 696 g/mol. The molecule has 2 N–H and O–H groups in total. The molecule has 0 aliphatic carbocycles. The van der Waals surface area contributed by atoms with Gasteiger partial charge in [-0.1, -0.05) is 27.7 Å². The van der Waals surface area contributed by atoms with Gasteiger partial charge < -0.3 is 9.15 Å². The second-order valence-electron chi connectivity index (χ2n) is 16.3. The highest BCUT2D eigenvalue weighted by atomic mass is 31.2. The highest BCUT2D eigenvalue weighted by Crippen LogP contribution is 2.78. The molecular formula is C38H55N7O5P2+2. The van der Waals surface area contributed by atoms with E-state index in [4.69, 9.17) is 14.1 Å². The maximum absolute atomic E-state index is 13.5. The molecule has 0 bridgehead atoms. The number of aromatic nitrogens is 3. The normalized spacial score (nSPS) is 21.3. The lowest BCUT2D eigenvalue weighted by Gasteiger charge is -2.50. The first-order chi connectivity index (χ1) is 24.4. The Balaban J connectivity index is 1.33. The summed E-state index contributed by atoms with van der Waals surface area (Å²) < 4.78 is 20.4. The monoisotopic (exact) mass is 751 g/mol. The first kappa shape index (κ1) is 38.8. The summed E-state index contributed by atoms with van der Waals surface area (Å²) >= 11 is 0. The Kier molecular flexibility index (Phi) is 10.7. The van der Waals surface area contributed by atoms with Gasteiger partial charge in [0.05, 0.1) is 18.3 Å². The molecule has 12 nitrogen and oxygen atoms in total. The Morgan fingerprint density at radius 3 is 2.10 bits per heavy atom. The molecule has 6 rings (SSSR count). The van der Waals surface area contributed by atoms with Gasteiger partial charge in [-0.15, -0.1) is 18.7 Å². The molecule has 52 heavy (non-hydrogen) atoms. The summed E-state index contributed by atoms with van der Waals surface area (Å²) in [4.78, 5) is 53.0. The summed E-state index contributed by atoms with van der Waals surface area (Å²) in [5.41, 5.74) is 2.91. The number of ketones is 1. The summed E-state index contributed by atoms with van der Waals surface area (Å²) in [6.07, 6.45) is 4.43. The van der Waals surface area contributed by atoms with Gasteiger partial charge in [0.1, 0.15) is 17.2 Å². The van der Waals surface area contributed by atoms with Crippen LogP contribution in [0.1, 0.15) is 67.3 Å². The van der Waals surface area contributed by atoms with Gasteiger partial charge in [-0.2, -0.15) is 0 Å². The minimum Gasteiger partial charge on any atom is -0.495 e. The van der Waals surface area contributed by atoms with Crippen molar-refractivity contribution in [1.82, 2.24) is 33.6 Å². The number of hydrogen-bond donors (Lipinski definition) is 2. The zero-order valence-electron chi connectivity index (χ0n) is 32.3. The Hall–Kier alpha value is -2.92. The predicted octanol–water partition coefficient (Wildman–Crippen LogP) is 6.78. The number of pyridine rings is 2. The standard InChI is InChI=1S/C38H55N7O5P2/c1-26-30(41-36(50-26)27-15-17-39-18-16-27)13-14-32(46)28-11-12-31-29(19-28)20-33(49-10)35(40-31)34(52(48)44(8)24-38(4,5)25-45(52)9)21-51(47)42(6)22-37(2,3)23-43(51)7/h11-12,15-20,34,47-48H,13-14,21-25H2,1-10H3/q+2. The summed E-state index contributed by atoms with van der Waals surface area (Å²) in [6, 6.07) is 11.2. The molecule has 3 aromatic heterocycles. The molecule has 0 amide bonds. The third-order valence-electron chi connectivity index (χ3n) is 10.6. The van der Waals surface area contributed by atoms with E-state index in [9.17, 15) is 14.6 Å². The molecule has 1 aromatic carbocycles. The lowest BCUT2D eigenvalue weighted by Crippen LogP contribution is -2.52. The summed E-state index contributed by atoms with van der Waals surface area (Å²) in [5.74, 6) is 1.72. The molecule has 1 unspecified atom stereocenters. The van der Waals surface area contributed by atoms with Crippen molar-refractivity contribution in [3.05, 3.63) is 71.5 Å². The summed E-state index contributed by atoms with van der Waals surface area (Å²) in [6.45, 7) is 13.6. The van der Waals surface area contributed by atoms with Crippen LogP contribution in [0, 0.1) is 17.8 Å². The number of benzene rings is 1. The highest BCUT2D eigenvalue weighted by Gasteiger charge is 2.67. The number of Topliss-reactive ketones (excluding diaryl/α,β-unsaturated/α-hetero) is 1. The van der Waals surface area contributed by atoms with Crippen molar-refractivity contribution in [2.45, 2.75) is 53.1 Å². The van der Waals surface area contributed by atoms with E-state index in [0.717, 1.165) is 29.7 Å². The Bertz CT molecular complexity index is 1910. The van der Waals surface area contributed by atoms with Gasteiger partial charge in [-0.25, -0.2) is 19.8 Å². The van der Waals surface area contributed by atoms with Crippen LogP contribution in [0.2, 0.25) is 0 Å². The van der Waals surface area contributed by atoms with Crippen LogP contribution in [0.15, 0.2) is 53.2 Å². The van der Waals surface area contributed by atoms with Crippen LogP contribution in [0.4, 0.5) is 0 Å². The summed E-state index contributed by atoms with van der Waals surface area (Å²) in [5, 5.41) is 0.766. The topological polar surface area (TPSA) is 132 Å². The fraction of sp³-hybridized carbons (Fsp3) is 0.526. The number of ether oxygens (including phenoxy) is 1. The van der Waals surface area contributed by atoms with Gasteiger partial charge in [0, 0.05) is 96.1 Å². The van der Waals surface area contributed by atoms with Crippen molar-refractivity contribution in [1.29, 1.82) is 0 Å². The molecule has 0 spiro atoms. The Morgan fingerprint density at radius 1 is 0.904 bits per heavy atom. The maximum atomic E-state index is 13.5. The first-order valence-electron chi connectivity index (χ1n) is 17.8. The predicted molar refractivity (Wildman–Crippen MR) is 209 cm³/mol. The van der Waals surface area contributed by atoms with E-state index in [1.807, 2.05) is 71.5 Å². The lowest BCUT2D eigenvalue weighted by molar-refractivity contribution is 0.0982. The van der Waals surface area contributed by atoms with Crippen LogP contribution < -0.4 is 4.74 Å². The number of methoxy groups -OCH3 is 1. The number of carbonyl (C=O) groups excluding carboxylic acids is 1. The van der Waals surface area contributed by atoms with Gasteiger partial charge in [-0.3, -0.25) is 9.78 Å². The zero-order valence-corrected chi connectivity index (χ0v) is 34.1. The average molecular weight is 752 g/mol. The molecule has 1 atom stereocenters. The number of carbonyl (C=O) groups is 1. The van der Waals surface area contributed by atoms with Gasteiger partial charge in [-0.05, 0) is 54.2 Å². The SMILES string of the molecule is COc1cc2cc(C(=O)CCc3nc(-c4ccncc4)oc3C)ccc2nc1C(C[P+]1(O)N(C)CC(C)(C)CN1C)[P+]1(O)N(C)CC(C)(C)CN1C. The van der Waals surface area contributed by atoms with E-state index in [1.165, 1.54) is 0 Å².